The lowest BCUT2D eigenvalue weighted by Gasteiger charge is -2.22. The summed E-state index contributed by atoms with van der Waals surface area (Å²) in [5, 5.41) is 12.8. The fourth-order valence-corrected chi connectivity index (χ4v) is 2.61. The minimum atomic E-state index is -0.680. The third kappa shape index (κ3) is 2.68. The molecule has 2 aromatic rings. The molecule has 3 rings (SSSR count). The summed E-state index contributed by atoms with van der Waals surface area (Å²) in [7, 11) is 0. The Morgan fingerprint density at radius 2 is 2.21 bits per heavy atom. The van der Waals surface area contributed by atoms with Crippen LogP contribution in [0.4, 0.5) is 5.88 Å². The number of hydrogen-bond acceptors (Lipinski definition) is 7. The van der Waals surface area contributed by atoms with Crippen LogP contribution in [0.3, 0.4) is 0 Å². The van der Waals surface area contributed by atoms with E-state index in [1.54, 1.807) is 31.2 Å². The Bertz CT molecular complexity index is 864. The Hall–Kier alpha value is -2.98. The fraction of sp³-hybridized carbons (Fsp3) is 0.188. The van der Waals surface area contributed by atoms with Crippen LogP contribution in [0.2, 0.25) is 5.02 Å². The summed E-state index contributed by atoms with van der Waals surface area (Å²) in [6.45, 7) is 1.88. The summed E-state index contributed by atoms with van der Waals surface area (Å²) in [6.07, 6.45) is 0. The van der Waals surface area contributed by atoms with E-state index in [1.807, 2.05) is 0 Å². The second-order valence-electron chi connectivity index (χ2n) is 5.00. The Balaban J connectivity index is 2.11. The number of benzene rings is 1. The number of oxazole rings is 1. The Morgan fingerprint density at radius 1 is 1.50 bits per heavy atom. The van der Waals surface area contributed by atoms with Crippen molar-refractivity contribution in [3.63, 3.8) is 0 Å². The van der Waals surface area contributed by atoms with Crippen LogP contribution in [-0.4, -0.2) is 17.6 Å². The number of carbonyl (C=O) groups excluding carboxylic acids is 1. The predicted octanol–water partition coefficient (Wildman–Crippen LogP) is 2.76. The SMILES string of the molecule is CCOC(=O)c1nc2c(o1)NC(N)=C(C#N)[C@@H]2c1ccc(Cl)cc1. The molecule has 0 spiro atoms. The monoisotopic (exact) mass is 344 g/mol. The maximum atomic E-state index is 11.8. The summed E-state index contributed by atoms with van der Waals surface area (Å²) >= 11 is 5.92. The topological polar surface area (TPSA) is 114 Å². The van der Waals surface area contributed by atoms with Crippen LogP contribution >= 0.6 is 11.6 Å². The summed E-state index contributed by atoms with van der Waals surface area (Å²) in [6, 6.07) is 9.03. The molecule has 0 amide bonds. The maximum absolute atomic E-state index is 11.8. The maximum Gasteiger partial charge on any atom is 0.394 e. The Morgan fingerprint density at radius 3 is 2.83 bits per heavy atom. The van der Waals surface area contributed by atoms with Crippen LogP contribution in [0.15, 0.2) is 40.1 Å². The van der Waals surface area contributed by atoms with E-state index in [2.05, 4.69) is 16.4 Å². The third-order valence-electron chi connectivity index (χ3n) is 3.53. The van der Waals surface area contributed by atoms with Crippen LogP contribution in [0.5, 0.6) is 0 Å². The van der Waals surface area contributed by atoms with Gasteiger partial charge in [0.05, 0.1) is 24.2 Å². The zero-order chi connectivity index (χ0) is 17.3. The molecule has 0 saturated carbocycles. The van der Waals surface area contributed by atoms with Crippen LogP contribution in [0.1, 0.15) is 34.8 Å². The quantitative estimate of drug-likeness (QED) is 0.822. The number of nitrogens with one attached hydrogen (secondary N) is 1. The van der Waals surface area contributed by atoms with Crippen LogP contribution in [0.25, 0.3) is 0 Å². The number of halogens is 1. The van der Waals surface area contributed by atoms with Gasteiger partial charge in [-0.05, 0) is 24.6 Å². The van der Waals surface area contributed by atoms with E-state index in [0.29, 0.717) is 10.7 Å². The average molecular weight is 345 g/mol. The van der Waals surface area contributed by atoms with Crippen molar-refractivity contribution in [1.82, 2.24) is 4.98 Å². The Kier molecular flexibility index (Phi) is 4.15. The Labute approximate surface area is 142 Å². The number of ether oxygens (including phenoxy) is 1. The smallest absolute Gasteiger partial charge is 0.394 e. The van der Waals surface area contributed by atoms with Crippen molar-refractivity contribution in [2.75, 3.05) is 11.9 Å². The van der Waals surface area contributed by atoms with Crippen molar-refractivity contribution >= 4 is 23.5 Å². The number of rotatable bonds is 3. The van der Waals surface area contributed by atoms with Gasteiger partial charge in [0.2, 0.25) is 5.88 Å². The van der Waals surface area contributed by atoms with E-state index in [0.717, 1.165) is 5.56 Å². The molecule has 1 aliphatic rings. The van der Waals surface area contributed by atoms with Gasteiger partial charge in [-0.2, -0.15) is 5.26 Å². The molecule has 0 bridgehead atoms. The molecule has 0 aliphatic carbocycles. The van der Waals surface area contributed by atoms with Gasteiger partial charge in [-0.15, -0.1) is 0 Å². The number of nitriles is 1. The van der Waals surface area contributed by atoms with Crippen molar-refractivity contribution in [2.45, 2.75) is 12.8 Å². The molecule has 1 aliphatic heterocycles. The lowest BCUT2D eigenvalue weighted by atomic mass is 9.87. The zero-order valence-electron chi connectivity index (χ0n) is 12.7. The summed E-state index contributed by atoms with van der Waals surface area (Å²) in [4.78, 5) is 16.1. The molecule has 0 radical (unpaired) electrons. The van der Waals surface area contributed by atoms with Gasteiger partial charge >= 0.3 is 11.9 Å². The van der Waals surface area contributed by atoms with Crippen LogP contribution in [-0.2, 0) is 4.74 Å². The molecule has 1 aromatic heterocycles. The number of nitrogens with zero attached hydrogens (tertiary/aromatic N) is 2. The molecule has 1 atom stereocenters. The number of fused-ring (bicyclic) bond motifs is 1. The van der Waals surface area contributed by atoms with Crippen LogP contribution in [0, 0.1) is 11.3 Å². The second kappa shape index (κ2) is 6.26. The number of carbonyl (C=O) groups is 1. The van der Waals surface area contributed by atoms with Gasteiger partial charge < -0.3 is 20.2 Å². The first-order valence-electron chi connectivity index (χ1n) is 7.15. The molecule has 1 aromatic carbocycles. The predicted molar refractivity (Wildman–Crippen MR) is 86.2 cm³/mol. The van der Waals surface area contributed by atoms with Gasteiger partial charge in [-0.1, -0.05) is 23.7 Å². The van der Waals surface area contributed by atoms with Gasteiger partial charge in [0.15, 0.2) is 0 Å². The average Bonchev–Trinajstić information content (AvgIpc) is 2.98. The van der Waals surface area contributed by atoms with E-state index in [1.165, 1.54) is 0 Å². The largest absolute Gasteiger partial charge is 0.459 e. The molecule has 0 unspecified atom stereocenters. The highest BCUT2D eigenvalue weighted by atomic mass is 35.5. The molecular formula is C16H13ClN4O3. The highest BCUT2D eigenvalue weighted by Gasteiger charge is 2.35. The molecule has 7 nitrogen and oxygen atoms in total. The normalized spacial score (nSPS) is 16.1. The molecule has 0 fully saturated rings. The minimum Gasteiger partial charge on any atom is -0.459 e. The van der Waals surface area contributed by atoms with Crippen LogP contribution < -0.4 is 11.1 Å². The minimum absolute atomic E-state index is 0.150. The first kappa shape index (κ1) is 15.9. The van der Waals surface area contributed by atoms with E-state index >= 15 is 0 Å². The van der Waals surface area contributed by atoms with Gasteiger partial charge in [0.1, 0.15) is 11.5 Å². The molecule has 8 heteroatoms. The van der Waals surface area contributed by atoms with E-state index in [4.69, 9.17) is 26.5 Å². The van der Waals surface area contributed by atoms with E-state index < -0.39 is 11.9 Å². The van der Waals surface area contributed by atoms with Gasteiger partial charge in [0, 0.05) is 5.02 Å². The number of allylic oxidation sites excluding steroid dienone is 1. The number of hydrogen-bond donors (Lipinski definition) is 2. The molecule has 2 heterocycles. The highest BCUT2D eigenvalue weighted by Crippen LogP contribution is 2.40. The standard InChI is InChI=1S/C16H13ClN4O3/c1-2-23-16(22)15-20-12-11(8-3-5-9(17)6-4-8)10(7-18)13(19)21-14(12)24-15/h3-6,11,21H,2,19H2,1H3/t11-/m0/s1. The van der Waals surface area contributed by atoms with Crippen molar-refractivity contribution in [1.29, 1.82) is 5.26 Å². The number of nitrogens with two attached hydrogens (primary N) is 1. The number of esters is 1. The fourth-order valence-electron chi connectivity index (χ4n) is 2.48. The van der Waals surface area contributed by atoms with Crippen molar-refractivity contribution < 1.29 is 13.9 Å². The lowest BCUT2D eigenvalue weighted by molar-refractivity contribution is 0.0482. The van der Waals surface area contributed by atoms with E-state index in [9.17, 15) is 10.1 Å². The second-order valence-corrected chi connectivity index (χ2v) is 5.44. The summed E-state index contributed by atoms with van der Waals surface area (Å²) in [5.74, 6) is -1.07. The molecule has 0 saturated heterocycles. The molecular weight excluding hydrogens is 332 g/mol. The first-order chi connectivity index (χ1) is 11.5. The van der Waals surface area contributed by atoms with Crippen molar-refractivity contribution in [2.24, 2.45) is 5.73 Å². The molecule has 24 heavy (non-hydrogen) atoms. The molecule has 122 valence electrons. The third-order valence-corrected chi connectivity index (χ3v) is 3.78. The van der Waals surface area contributed by atoms with Crippen molar-refractivity contribution in [3.8, 4) is 6.07 Å². The zero-order valence-corrected chi connectivity index (χ0v) is 13.4. The van der Waals surface area contributed by atoms with Gasteiger partial charge in [0.25, 0.3) is 0 Å². The summed E-state index contributed by atoms with van der Waals surface area (Å²) in [5.41, 5.74) is 7.36. The number of aromatic nitrogens is 1. The van der Waals surface area contributed by atoms with E-state index in [-0.39, 0.29) is 29.8 Å². The first-order valence-corrected chi connectivity index (χ1v) is 7.53. The van der Waals surface area contributed by atoms with Gasteiger partial charge in [-0.25, -0.2) is 9.78 Å². The summed E-state index contributed by atoms with van der Waals surface area (Å²) < 4.78 is 10.3. The highest BCUT2D eigenvalue weighted by molar-refractivity contribution is 6.30. The molecule has 3 N–H and O–H groups in total. The lowest BCUT2D eigenvalue weighted by Crippen LogP contribution is -2.22. The van der Waals surface area contributed by atoms with Gasteiger partial charge in [-0.3, -0.25) is 0 Å². The van der Waals surface area contributed by atoms with Crippen molar-refractivity contribution in [3.05, 3.63) is 57.8 Å². The number of anilines is 1.